The van der Waals surface area contributed by atoms with Crippen LogP contribution in [-0.4, -0.2) is 50.7 Å². The smallest absolute Gasteiger partial charge is 0.146 e. The van der Waals surface area contributed by atoms with Crippen LogP contribution in [0.15, 0.2) is 61.4 Å². The molecule has 8 heteroatoms. The maximum Gasteiger partial charge on any atom is 0.146 e. The number of rotatable bonds is 11. The summed E-state index contributed by atoms with van der Waals surface area (Å²) in [6.07, 6.45) is 12.8. The maximum atomic E-state index is 6.26. The summed E-state index contributed by atoms with van der Waals surface area (Å²) in [5.74, 6) is 1.17. The Bertz CT molecular complexity index is 1210. The van der Waals surface area contributed by atoms with E-state index in [9.17, 15) is 0 Å². The van der Waals surface area contributed by atoms with Gasteiger partial charge in [-0.1, -0.05) is 30.3 Å². The highest BCUT2D eigenvalue weighted by atomic mass is 15.1. The molecule has 0 radical (unpaired) electrons. The van der Waals surface area contributed by atoms with E-state index >= 15 is 0 Å². The van der Waals surface area contributed by atoms with Gasteiger partial charge in [-0.15, -0.1) is 0 Å². The van der Waals surface area contributed by atoms with Crippen molar-refractivity contribution in [2.24, 2.45) is 5.92 Å². The van der Waals surface area contributed by atoms with Crippen molar-refractivity contribution >= 4 is 16.9 Å². The Morgan fingerprint density at radius 3 is 2.69 bits per heavy atom. The van der Waals surface area contributed by atoms with Crippen LogP contribution < -0.4 is 16.4 Å². The van der Waals surface area contributed by atoms with Crippen molar-refractivity contribution in [2.45, 2.75) is 38.1 Å². The molecule has 4 N–H and O–H groups in total. The average Bonchev–Trinajstić information content (AvgIpc) is 3.52. The zero-order valence-electron chi connectivity index (χ0n) is 20.1. The van der Waals surface area contributed by atoms with Crippen LogP contribution in [0.25, 0.3) is 22.3 Å². The zero-order chi connectivity index (χ0) is 23.9. The Hall–Kier alpha value is -3.36. The lowest BCUT2D eigenvalue weighted by atomic mass is 10.1. The van der Waals surface area contributed by atoms with E-state index in [1.54, 1.807) is 18.9 Å². The lowest BCUT2D eigenvalue weighted by molar-refractivity contribution is 0.452. The van der Waals surface area contributed by atoms with Gasteiger partial charge in [-0.3, -0.25) is 0 Å². The molecule has 1 aromatic carbocycles. The highest BCUT2D eigenvalue weighted by molar-refractivity contribution is 5.99. The number of nitrogens with zero attached hydrogens (tertiary/aromatic N) is 5. The van der Waals surface area contributed by atoms with Crippen molar-refractivity contribution in [3.05, 3.63) is 67.0 Å². The molecular formula is C27H34N8. The first-order valence-electron chi connectivity index (χ1n) is 12.6. The summed E-state index contributed by atoms with van der Waals surface area (Å²) in [5, 5.41) is 8.11. The van der Waals surface area contributed by atoms with Gasteiger partial charge >= 0.3 is 0 Å². The van der Waals surface area contributed by atoms with Crippen LogP contribution in [0.4, 0.5) is 5.82 Å². The number of anilines is 1. The van der Waals surface area contributed by atoms with Crippen LogP contribution in [0.5, 0.6) is 0 Å². The van der Waals surface area contributed by atoms with Crippen molar-refractivity contribution < 1.29 is 0 Å². The van der Waals surface area contributed by atoms with Crippen molar-refractivity contribution in [1.82, 2.24) is 35.1 Å². The summed E-state index contributed by atoms with van der Waals surface area (Å²) in [5.41, 5.74) is 10.4. The van der Waals surface area contributed by atoms with Crippen LogP contribution in [0, 0.1) is 5.92 Å². The Morgan fingerprint density at radius 1 is 0.943 bits per heavy atom. The molecule has 182 valence electrons. The molecule has 1 saturated carbocycles. The van der Waals surface area contributed by atoms with Gasteiger partial charge in [0.25, 0.3) is 0 Å². The fourth-order valence-corrected chi connectivity index (χ4v) is 5.16. The second kappa shape index (κ2) is 11.4. The topological polar surface area (TPSA) is 107 Å². The summed E-state index contributed by atoms with van der Waals surface area (Å²) in [6, 6.07) is 13.0. The first-order chi connectivity index (χ1) is 17.3. The lowest BCUT2D eigenvalue weighted by Gasteiger charge is -2.15. The van der Waals surface area contributed by atoms with Gasteiger partial charge in [-0.25, -0.2) is 19.9 Å². The number of nitrogens with two attached hydrogens (primary N) is 1. The van der Waals surface area contributed by atoms with Crippen molar-refractivity contribution in [3.8, 4) is 11.3 Å². The first kappa shape index (κ1) is 23.4. The number of hydrogen-bond donors (Lipinski definition) is 3. The molecule has 1 fully saturated rings. The summed E-state index contributed by atoms with van der Waals surface area (Å²) in [6.45, 7) is 4.20. The van der Waals surface area contributed by atoms with Crippen molar-refractivity contribution in [2.75, 3.05) is 31.9 Å². The minimum Gasteiger partial charge on any atom is -0.383 e. The minimum absolute atomic E-state index is 0.411. The van der Waals surface area contributed by atoms with Crippen LogP contribution in [0.2, 0.25) is 0 Å². The van der Waals surface area contributed by atoms with Crippen LogP contribution in [-0.2, 0) is 6.42 Å². The fraction of sp³-hybridized carbons (Fsp3) is 0.407. The Labute approximate surface area is 206 Å². The van der Waals surface area contributed by atoms with E-state index in [-0.39, 0.29) is 0 Å². The van der Waals surface area contributed by atoms with Crippen molar-refractivity contribution in [3.63, 3.8) is 0 Å². The molecule has 0 saturated heterocycles. The Kier molecular flexibility index (Phi) is 7.60. The molecular weight excluding hydrogens is 436 g/mol. The van der Waals surface area contributed by atoms with E-state index in [0.717, 1.165) is 74.2 Å². The highest BCUT2D eigenvalue weighted by Crippen LogP contribution is 2.40. The predicted octanol–water partition coefficient (Wildman–Crippen LogP) is 3.62. The summed E-state index contributed by atoms with van der Waals surface area (Å²) >= 11 is 0. The number of fused-ring (bicyclic) bond motifs is 1. The second-order valence-corrected chi connectivity index (χ2v) is 9.38. The van der Waals surface area contributed by atoms with Crippen LogP contribution >= 0.6 is 0 Å². The molecule has 8 nitrogen and oxygen atoms in total. The molecule has 4 aromatic rings. The Balaban J connectivity index is 1.10. The minimum atomic E-state index is 0.411. The summed E-state index contributed by atoms with van der Waals surface area (Å²) < 4.78 is 2.29. The molecule has 1 aliphatic carbocycles. The number of benzene rings is 1. The normalized spacial score (nSPS) is 17.8. The molecule has 1 aliphatic rings. The van der Waals surface area contributed by atoms with Gasteiger partial charge in [-0.05, 0) is 75.8 Å². The van der Waals surface area contributed by atoms with Gasteiger partial charge in [0.2, 0.25) is 0 Å². The quantitative estimate of drug-likeness (QED) is 0.287. The fourth-order valence-electron chi connectivity index (χ4n) is 5.16. The SMILES string of the molecule is Nc1ncnc2c1c(-c1ccncn1)cn2C1CCC(CNCCCNCCc2ccccc2)C1. The number of hydrogen-bond acceptors (Lipinski definition) is 7. The third kappa shape index (κ3) is 5.66. The standard InChI is InChI=1S/C27H34N8/c28-26-25-23(24-10-14-31-18-32-24)17-35(27(25)34-19-33-26)22-8-7-21(15-22)16-30-12-4-11-29-13-9-20-5-2-1-3-6-20/h1-3,5-6,10,14,17-19,21-22,29-30H,4,7-9,11-13,15-16H2,(H2,28,33,34). The summed E-state index contributed by atoms with van der Waals surface area (Å²) in [4.78, 5) is 17.3. The molecule has 0 amide bonds. The van der Waals surface area contributed by atoms with E-state index in [1.807, 2.05) is 6.07 Å². The monoisotopic (exact) mass is 470 g/mol. The van der Waals surface area contributed by atoms with Gasteiger partial charge in [0, 0.05) is 24.0 Å². The maximum absolute atomic E-state index is 6.26. The number of nitrogens with one attached hydrogen (secondary N) is 2. The first-order valence-corrected chi connectivity index (χ1v) is 12.6. The van der Waals surface area contributed by atoms with Crippen LogP contribution in [0.1, 0.15) is 37.3 Å². The summed E-state index contributed by atoms with van der Waals surface area (Å²) in [7, 11) is 0. The molecule has 35 heavy (non-hydrogen) atoms. The molecule has 0 bridgehead atoms. The number of nitrogen functional groups attached to an aromatic ring is 1. The largest absolute Gasteiger partial charge is 0.383 e. The van der Waals surface area contributed by atoms with E-state index in [2.05, 4.69) is 71.7 Å². The molecule has 5 rings (SSSR count). The third-order valence-corrected chi connectivity index (χ3v) is 6.98. The predicted molar refractivity (Wildman–Crippen MR) is 140 cm³/mol. The van der Waals surface area contributed by atoms with E-state index < -0.39 is 0 Å². The van der Waals surface area contributed by atoms with Gasteiger partial charge in [0.15, 0.2) is 0 Å². The molecule has 2 atom stereocenters. The highest BCUT2D eigenvalue weighted by Gasteiger charge is 2.28. The van der Waals surface area contributed by atoms with Gasteiger partial charge in [-0.2, -0.15) is 0 Å². The van der Waals surface area contributed by atoms with E-state index in [4.69, 9.17) is 5.73 Å². The van der Waals surface area contributed by atoms with Gasteiger partial charge in [0.05, 0.1) is 11.1 Å². The van der Waals surface area contributed by atoms with Crippen LogP contribution in [0.3, 0.4) is 0 Å². The van der Waals surface area contributed by atoms with E-state index in [0.29, 0.717) is 17.8 Å². The molecule has 0 aliphatic heterocycles. The van der Waals surface area contributed by atoms with Gasteiger partial charge < -0.3 is 20.9 Å². The second-order valence-electron chi connectivity index (χ2n) is 9.38. The van der Waals surface area contributed by atoms with Gasteiger partial charge in [0.1, 0.15) is 24.1 Å². The zero-order valence-corrected chi connectivity index (χ0v) is 20.1. The molecule has 3 aromatic heterocycles. The Morgan fingerprint density at radius 2 is 1.83 bits per heavy atom. The molecule has 0 spiro atoms. The van der Waals surface area contributed by atoms with E-state index in [1.165, 1.54) is 12.0 Å². The van der Waals surface area contributed by atoms with Crippen molar-refractivity contribution in [1.29, 1.82) is 0 Å². The lowest BCUT2D eigenvalue weighted by Crippen LogP contribution is -2.26. The average molecular weight is 471 g/mol. The number of aromatic nitrogens is 5. The molecule has 2 unspecified atom stereocenters. The third-order valence-electron chi connectivity index (χ3n) is 6.98. The molecule has 3 heterocycles.